The molecular weight excluding hydrogens is 422 g/mol. The molecule has 0 saturated heterocycles. The molecule has 3 aromatic heterocycles. The summed E-state index contributed by atoms with van der Waals surface area (Å²) in [6, 6.07) is 14.0. The number of amides is 3. The van der Waals surface area contributed by atoms with E-state index < -0.39 is 0 Å². The van der Waals surface area contributed by atoms with E-state index in [-0.39, 0.29) is 11.9 Å². The van der Waals surface area contributed by atoms with E-state index in [4.69, 9.17) is 0 Å². The molecule has 0 unspecified atom stereocenters. The molecule has 11 heteroatoms. The predicted octanol–water partition coefficient (Wildman–Crippen LogP) is 3.19. The average Bonchev–Trinajstić information content (AvgIpc) is 3.35. The van der Waals surface area contributed by atoms with Gasteiger partial charge in [-0.15, -0.1) is 0 Å². The van der Waals surface area contributed by atoms with Gasteiger partial charge in [0.25, 0.3) is 5.91 Å². The number of carbonyl (C=O) groups excluding carboxylic acids is 2. The van der Waals surface area contributed by atoms with E-state index in [2.05, 4.69) is 41.3 Å². The van der Waals surface area contributed by atoms with Crippen molar-refractivity contribution in [2.24, 2.45) is 0 Å². The van der Waals surface area contributed by atoms with Crippen molar-refractivity contribution in [1.29, 1.82) is 0 Å². The Morgan fingerprint density at radius 1 is 0.970 bits per heavy atom. The number of aromatic nitrogens is 5. The van der Waals surface area contributed by atoms with Gasteiger partial charge in [-0.25, -0.2) is 24.4 Å². The molecule has 0 atom stereocenters. The molecule has 3 heterocycles. The molecule has 0 bridgehead atoms. The highest BCUT2D eigenvalue weighted by Crippen LogP contribution is 2.24. The van der Waals surface area contributed by atoms with Gasteiger partial charge in [0.05, 0.1) is 23.1 Å². The highest BCUT2D eigenvalue weighted by molar-refractivity contribution is 6.08. The number of anilines is 4. The van der Waals surface area contributed by atoms with Crippen LogP contribution in [-0.2, 0) is 0 Å². The first-order valence-corrected chi connectivity index (χ1v) is 10.1. The molecule has 0 aliphatic rings. The maximum Gasteiger partial charge on any atom is 0.320 e. The second-order valence-corrected chi connectivity index (χ2v) is 6.79. The molecule has 4 N–H and O–H groups in total. The van der Waals surface area contributed by atoms with Crippen molar-refractivity contribution in [1.82, 2.24) is 30.0 Å². The van der Waals surface area contributed by atoms with Crippen LogP contribution in [0.1, 0.15) is 17.3 Å². The monoisotopic (exact) mass is 443 g/mol. The van der Waals surface area contributed by atoms with Gasteiger partial charge in [0.2, 0.25) is 0 Å². The SMILES string of the molecule is CCNC(=O)Nc1cc(Nc2ccccc2)c(C(=O)Nc2ccc(-n3cncn3)nc2)cn1. The normalized spacial score (nSPS) is 10.3. The third-order valence-electron chi connectivity index (χ3n) is 4.44. The molecule has 3 amide bonds. The minimum Gasteiger partial charge on any atom is -0.355 e. The van der Waals surface area contributed by atoms with Gasteiger partial charge in [0.1, 0.15) is 18.5 Å². The van der Waals surface area contributed by atoms with Gasteiger partial charge in [-0.1, -0.05) is 18.2 Å². The summed E-state index contributed by atoms with van der Waals surface area (Å²) >= 11 is 0. The van der Waals surface area contributed by atoms with Gasteiger partial charge in [0.15, 0.2) is 5.82 Å². The zero-order chi connectivity index (χ0) is 23.0. The van der Waals surface area contributed by atoms with Gasteiger partial charge in [0, 0.05) is 24.5 Å². The van der Waals surface area contributed by atoms with Crippen LogP contribution < -0.4 is 21.3 Å². The number of hydrogen-bond donors (Lipinski definition) is 4. The largest absolute Gasteiger partial charge is 0.355 e. The molecule has 0 aliphatic heterocycles. The van der Waals surface area contributed by atoms with Crippen molar-refractivity contribution in [3.05, 3.63) is 79.1 Å². The molecule has 0 saturated carbocycles. The summed E-state index contributed by atoms with van der Waals surface area (Å²) in [5, 5.41) is 15.3. The topological polar surface area (TPSA) is 139 Å². The van der Waals surface area contributed by atoms with E-state index in [1.165, 1.54) is 29.7 Å². The van der Waals surface area contributed by atoms with Crippen LogP contribution in [0.15, 0.2) is 73.6 Å². The third kappa shape index (κ3) is 5.47. The van der Waals surface area contributed by atoms with Crippen LogP contribution >= 0.6 is 0 Å². The minimum atomic E-state index is -0.388. The second-order valence-electron chi connectivity index (χ2n) is 6.79. The molecule has 0 fully saturated rings. The average molecular weight is 443 g/mol. The van der Waals surface area contributed by atoms with Crippen LogP contribution in [0.25, 0.3) is 5.82 Å². The van der Waals surface area contributed by atoms with Crippen molar-refractivity contribution in [2.75, 3.05) is 22.5 Å². The number of nitrogens with zero attached hydrogens (tertiary/aromatic N) is 5. The fraction of sp³-hybridized carbons (Fsp3) is 0.0909. The Morgan fingerprint density at radius 3 is 2.52 bits per heavy atom. The summed E-state index contributed by atoms with van der Waals surface area (Å²) in [5.41, 5.74) is 2.05. The van der Waals surface area contributed by atoms with Gasteiger partial charge in [-0.2, -0.15) is 5.10 Å². The van der Waals surface area contributed by atoms with E-state index in [0.717, 1.165) is 5.69 Å². The fourth-order valence-corrected chi connectivity index (χ4v) is 2.93. The van der Waals surface area contributed by atoms with Crippen LogP contribution in [0.2, 0.25) is 0 Å². The maximum atomic E-state index is 13.0. The summed E-state index contributed by atoms with van der Waals surface area (Å²) in [6.07, 6.45) is 5.87. The Balaban J connectivity index is 1.56. The van der Waals surface area contributed by atoms with E-state index >= 15 is 0 Å². The zero-order valence-electron chi connectivity index (χ0n) is 17.7. The van der Waals surface area contributed by atoms with Crippen LogP contribution in [0.3, 0.4) is 0 Å². The summed E-state index contributed by atoms with van der Waals surface area (Å²) < 4.78 is 1.51. The summed E-state index contributed by atoms with van der Waals surface area (Å²) in [4.78, 5) is 37.3. The van der Waals surface area contributed by atoms with E-state index in [1.54, 1.807) is 18.2 Å². The molecule has 4 rings (SSSR count). The smallest absolute Gasteiger partial charge is 0.320 e. The van der Waals surface area contributed by atoms with Gasteiger partial charge in [-0.3, -0.25) is 10.1 Å². The Hall–Kier alpha value is -4.80. The lowest BCUT2D eigenvalue weighted by atomic mass is 10.2. The van der Waals surface area contributed by atoms with Gasteiger partial charge >= 0.3 is 6.03 Å². The first-order chi connectivity index (χ1) is 16.1. The number of pyridine rings is 2. The molecular formula is C22H21N9O2. The van der Waals surface area contributed by atoms with Crippen molar-refractivity contribution in [2.45, 2.75) is 6.92 Å². The molecule has 166 valence electrons. The number of nitrogens with one attached hydrogen (secondary N) is 4. The van der Waals surface area contributed by atoms with Crippen molar-refractivity contribution >= 4 is 34.8 Å². The number of para-hydroxylation sites is 1. The maximum absolute atomic E-state index is 13.0. The Bertz CT molecular complexity index is 1230. The number of benzene rings is 1. The first-order valence-electron chi connectivity index (χ1n) is 10.1. The Morgan fingerprint density at radius 2 is 1.82 bits per heavy atom. The van der Waals surface area contributed by atoms with Crippen molar-refractivity contribution in [3.8, 4) is 5.82 Å². The summed E-state index contributed by atoms with van der Waals surface area (Å²) in [5.74, 6) is 0.481. The molecule has 1 aromatic carbocycles. The van der Waals surface area contributed by atoms with Crippen LogP contribution in [0.4, 0.5) is 27.7 Å². The van der Waals surface area contributed by atoms with Gasteiger partial charge in [-0.05, 0) is 31.2 Å². The minimum absolute atomic E-state index is 0.292. The Kier molecular flexibility index (Phi) is 6.50. The van der Waals surface area contributed by atoms with E-state index in [0.29, 0.717) is 35.1 Å². The van der Waals surface area contributed by atoms with Crippen molar-refractivity contribution < 1.29 is 9.59 Å². The number of rotatable bonds is 7. The lowest BCUT2D eigenvalue weighted by Gasteiger charge is -2.14. The van der Waals surface area contributed by atoms with E-state index in [9.17, 15) is 9.59 Å². The first kappa shape index (κ1) is 21.4. The third-order valence-corrected chi connectivity index (χ3v) is 4.44. The summed E-state index contributed by atoms with van der Waals surface area (Å²) in [7, 11) is 0. The van der Waals surface area contributed by atoms with Crippen LogP contribution in [0, 0.1) is 0 Å². The lowest BCUT2D eigenvalue weighted by Crippen LogP contribution is -2.28. The second kappa shape index (κ2) is 10.0. The molecule has 0 aliphatic carbocycles. The summed E-state index contributed by atoms with van der Waals surface area (Å²) in [6.45, 7) is 2.29. The molecule has 33 heavy (non-hydrogen) atoms. The number of hydrogen-bond acceptors (Lipinski definition) is 7. The Labute approximate surface area is 189 Å². The van der Waals surface area contributed by atoms with Crippen molar-refractivity contribution in [3.63, 3.8) is 0 Å². The molecule has 11 nitrogen and oxygen atoms in total. The van der Waals surface area contributed by atoms with Crippen LogP contribution in [-0.4, -0.2) is 43.2 Å². The quantitative estimate of drug-likeness (QED) is 0.344. The highest BCUT2D eigenvalue weighted by Gasteiger charge is 2.15. The zero-order valence-corrected chi connectivity index (χ0v) is 17.7. The standard InChI is InChI=1S/C22H21N9O2/c1-2-24-22(33)30-19-10-18(28-15-6-4-3-5-7-15)17(12-25-19)21(32)29-16-8-9-20(26-11-16)31-14-23-13-27-31/h3-14H,2H2,1H3,(H,29,32)(H3,24,25,28,30,33). The lowest BCUT2D eigenvalue weighted by molar-refractivity contribution is 0.102. The highest BCUT2D eigenvalue weighted by atomic mass is 16.2. The van der Waals surface area contributed by atoms with Crippen LogP contribution in [0.5, 0.6) is 0 Å². The molecule has 4 aromatic rings. The fourth-order valence-electron chi connectivity index (χ4n) is 2.93. The molecule has 0 radical (unpaired) electrons. The number of urea groups is 1. The number of carbonyl (C=O) groups is 2. The van der Waals surface area contributed by atoms with E-state index in [1.807, 2.05) is 37.3 Å². The predicted molar refractivity (Wildman–Crippen MR) is 124 cm³/mol. The van der Waals surface area contributed by atoms with Gasteiger partial charge < -0.3 is 16.0 Å². The molecule has 0 spiro atoms.